The summed E-state index contributed by atoms with van der Waals surface area (Å²) in [5.41, 5.74) is 4.82. The van der Waals surface area contributed by atoms with Gasteiger partial charge in [0.15, 0.2) is 0 Å². The molecule has 2 aromatic carbocycles. The molecule has 268 valence electrons. The minimum atomic E-state index is -0.413. The molecule has 10 nitrogen and oxygen atoms in total. The van der Waals surface area contributed by atoms with Crippen LogP contribution in [0.15, 0.2) is 59.5 Å². The predicted molar refractivity (Wildman–Crippen MR) is 204 cm³/mol. The van der Waals surface area contributed by atoms with Crippen LogP contribution in [0.3, 0.4) is 0 Å². The number of halogens is 4. The van der Waals surface area contributed by atoms with Crippen molar-refractivity contribution in [1.29, 1.82) is 0 Å². The summed E-state index contributed by atoms with van der Waals surface area (Å²) in [5.74, 6) is 0.933. The van der Waals surface area contributed by atoms with Crippen LogP contribution in [0.1, 0.15) is 30.7 Å². The monoisotopic (exact) mass is 771 g/mol. The number of carbonyl (C=O) groups is 1. The second kappa shape index (κ2) is 15.9. The van der Waals surface area contributed by atoms with Gasteiger partial charge in [-0.05, 0) is 37.8 Å². The lowest BCUT2D eigenvalue weighted by Gasteiger charge is -2.27. The zero-order valence-electron chi connectivity index (χ0n) is 28.3. The summed E-state index contributed by atoms with van der Waals surface area (Å²) in [6.45, 7) is 1.34. The first-order valence-electron chi connectivity index (χ1n) is 16.3. The first kappa shape index (κ1) is 37.1. The number of hydrogen-bond donors (Lipinski definition) is 3. The van der Waals surface area contributed by atoms with Crippen LogP contribution in [0.2, 0.25) is 15.1 Å². The van der Waals surface area contributed by atoms with E-state index in [1.807, 2.05) is 42.7 Å². The number of ether oxygens (including phenoxy) is 1. The summed E-state index contributed by atoms with van der Waals surface area (Å²) in [7, 11) is 3.21. The molecular weight excluding hydrogens is 736 g/mol. The minimum Gasteiger partial charge on any atom is -0.481 e. The van der Waals surface area contributed by atoms with Gasteiger partial charge in [-0.3, -0.25) is 18.5 Å². The highest BCUT2D eigenvalue weighted by molar-refractivity contribution is 8.00. The molecule has 51 heavy (non-hydrogen) atoms. The smallest absolute Gasteiger partial charge is 0.277 e. The number of alkyl halides is 1. The Labute approximate surface area is 314 Å². The fraction of sp³-hybridized carbons (Fsp3) is 0.333. The average Bonchev–Trinajstić information content (AvgIpc) is 3.73. The number of aromatic nitrogens is 4. The van der Waals surface area contributed by atoms with Crippen molar-refractivity contribution >= 4 is 58.0 Å². The fourth-order valence-corrected chi connectivity index (χ4v) is 7.88. The van der Waals surface area contributed by atoms with Gasteiger partial charge in [0.1, 0.15) is 11.3 Å². The molecule has 15 heteroatoms. The van der Waals surface area contributed by atoms with Gasteiger partial charge < -0.3 is 20.7 Å². The lowest BCUT2D eigenvalue weighted by molar-refractivity contribution is -0.119. The van der Waals surface area contributed by atoms with Crippen molar-refractivity contribution in [2.45, 2.75) is 37.2 Å². The van der Waals surface area contributed by atoms with Gasteiger partial charge in [0.05, 0.1) is 46.0 Å². The molecule has 1 aliphatic heterocycles. The second-order valence-corrected chi connectivity index (χ2v) is 14.6. The van der Waals surface area contributed by atoms with Gasteiger partial charge in [0.2, 0.25) is 11.8 Å². The van der Waals surface area contributed by atoms with Crippen molar-refractivity contribution in [2.24, 2.45) is 7.05 Å². The van der Waals surface area contributed by atoms with E-state index in [9.17, 15) is 14.0 Å². The summed E-state index contributed by atoms with van der Waals surface area (Å²) in [6.07, 6.45) is 5.38. The average molecular weight is 773 g/mol. The van der Waals surface area contributed by atoms with E-state index >= 15 is 0 Å². The number of hydrogen-bond acceptors (Lipinski definition) is 8. The van der Waals surface area contributed by atoms with Crippen LogP contribution in [0, 0.1) is 0 Å². The molecule has 1 atom stereocenters. The number of thioether (sulfide) groups is 1. The number of carbonyl (C=O) groups excluding carboxylic acids is 1. The zero-order chi connectivity index (χ0) is 36.3. The second-order valence-electron chi connectivity index (χ2n) is 12.2. The van der Waals surface area contributed by atoms with E-state index in [1.165, 1.54) is 4.57 Å². The Kier molecular flexibility index (Phi) is 11.6. The van der Waals surface area contributed by atoms with Crippen LogP contribution in [-0.2, 0) is 24.9 Å². The van der Waals surface area contributed by atoms with E-state index in [-0.39, 0.29) is 16.3 Å². The third-order valence-corrected chi connectivity index (χ3v) is 11.4. The maximum Gasteiger partial charge on any atom is 0.277 e. The standard InChI is InChI=1S/C36H37Cl3FN7O3S/c1-46-30(18-41-14-6-13-40)45-47-19-21(15-29(47)35(46)49)22-7-4-8-23(32(22)38)24-9-5-10-25(33(24)39)28-16-27(37)26(34(43-28)50-2)17-42-20-36(51-3)12-11-31(48)44-36/h4-5,7-10,15-16,19,41-42H,6,11-14,17-18,20H2,1-3H3,(H,44,48)/t36-/m1/s1. The van der Waals surface area contributed by atoms with Crippen molar-refractivity contribution in [3.63, 3.8) is 0 Å². The molecule has 6 rings (SSSR count). The molecule has 1 saturated heterocycles. The number of benzene rings is 2. The van der Waals surface area contributed by atoms with Gasteiger partial charge in [0.25, 0.3) is 5.56 Å². The molecule has 3 N–H and O–H groups in total. The van der Waals surface area contributed by atoms with Crippen molar-refractivity contribution in [3.05, 3.63) is 91.5 Å². The first-order valence-corrected chi connectivity index (χ1v) is 18.7. The van der Waals surface area contributed by atoms with Crippen LogP contribution < -0.4 is 26.2 Å². The lowest BCUT2D eigenvalue weighted by atomic mass is 9.97. The van der Waals surface area contributed by atoms with Crippen LogP contribution in [0.25, 0.3) is 39.0 Å². The number of rotatable bonds is 14. The number of nitrogens with zero attached hydrogens (tertiary/aromatic N) is 4. The van der Waals surface area contributed by atoms with E-state index in [4.69, 9.17) is 44.5 Å². The SMILES string of the molecule is COc1nc(-c2cccc(-c3cccc(-c4cc5c(=O)n(C)c(CNCCCF)nn5c4)c3Cl)c2Cl)cc(Cl)c1CNC[C@]1(SC)CCC(=O)N1. The van der Waals surface area contributed by atoms with Gasteiger partial charge in [-0.15, -0.1) is 11.8 Å². The third kappa shape index (κ3) is 7.62. The van der Waals surface area contributed by atoms with Gasteiger partial charge >= 0.3 is 0 Å². The molecule has 0 bridgehead atoms. The van der Waals surface area contributed by atoms with Crippen LogP contribution in [0.5, 0.6) is 5.88 Å². The molecule has 0 radical (unpaired) electrons. The maximum atomic E-state index is 13.2. The highest BCUT2D eigenvalue weighted by Gasteiger charge is 2.36. The Hall–Kier alpha value is -3.65. The minimum absolute atomic E-state index is 0.0498. The summed E-state index contributed by atoms with van der Waals surface area (Å²) in [4.78, 5) is 29.5. The highest BCUT2D eigenvalue weighted by Crippen LogP contribution is 2.43. The Balaban J connectivity index is 1.29. The summed E-state index contributed by atoms with van der Waals surface area (Å²) >= 11 is 22.6. The van der Waals surface area contributed by atoms with E-state index in [0.717, 1.165) is 6.42 Å². The molecule has 3 aromatic heterocycles. The normalized spacial score (nSPS) is 15.9. The Morgan fingerprint density at radius 1 is 1.02 bits per heavy atom. The quantitative estimate of drug-likeness (QED) is 0.105. The molecule has 1 aliphatic rings. The summed E-state index contributed by atoms with van der Waals surface area (Å²) in [6, 6.07) is 14.8. The van der Waals surface area contributed by atoms with Crippen molar-refractivity contribution in [1.82, 2.24) is 35.1 Å². The molecule has 0 aliphatic carbocycles. The predicted octanol–water partition coefficient (Wildman–Crippen LogP) is 6.91. The van der Waals surface area contributed by atoms with Crippen molar-refractivity contribution in [2.75, 3.05) is 33.1 Å². The van der Waals surface area contributed by atoms with Crippen LogP contribution >= 0.6 is 46.6 Å². The molecule has 1 fully saturated rings. The van der Waals surface area contributed by atoms with Crippen LogP contribution in [0.4, 0.5) is 4.39 Å². The topological polar surface area (TPSA) is 115 Å². The molecular formula is C36H37Cl3FN7O3S. The number of methoxy groups -OCH3 is 1. The lowest BCUT2D eigenvalue weighted by Crippen LogP contribution is -2.46. The van der Waals surface area contributed by atoms with Gasteiger partial charge in [-0.1, -0.05) is 71.2 Å². The molecule has 0 spiro atoms. The van der Waals surface area contributed by atoms with E-state index in [0.29, 0.717) is 110 Å². The zero-order valence-corrected chi connectivity index (χ0v) is 31.4. The summed E-state index contributed by atoms with van der Waals surface area (Å²) in [5, 5.41) is 15.6. The highest BCUT2D eigenvalue weighted by atomic mass is 35.5. The van der Waals surface area contributed by atoms with Crippen molar-refractivity contribution < 1.29 is 13.9 Å². The van der Waals surface area contributed by atoms with Crippen LogP contribution in [-0.4, -0.2) is 63.1 Å². The molecule has 5 aromatic rings. The first-order chi connectivity index (χ1) is 24.6. The Bertz CT molecular complexity index is 2160. The largest absolute Gasteiger partial charge is 0.481 e. The van der Waals surface area contributed by atoms with Gasteiger partial charge in [0, 0.05) is 66.1 Å². The number of amides is 1. The Morgan fingerprint density at radius 2 is 1.73 bits per heavy atom. The third-order valence-electron chi connectivity index (χ3n) is 9.03. The van der Waals surface area contributed by atoms with Gasteiger partial charge in [-0.2, -0.15) is 5.10 Å². The number of pyridine rings is 1. The molecule has 1 amide bonds. The Morgan fingerprint density at radius 3 is 2.39 bits per heavy atom. The summed E-state index contributed by atoms with van der Waals surface area (Å²) < 4.78 is 21.2. The van der Waals surface area contributed by atoms with Gasteiger partial charge in [-0.25, -0.2) is 9.50 Å². The molecule has 0 saturated carbocycles. The number of fused-ring (bicyclic) bond motifs is 1. The maximum absolute atomic E-state index is 13.2. The fourth-order valence-electron chi connectivity index (χ4n) is 6.20. The van der Waals surface area contributed by atoms with E-state index in [1.54, 1.807) is 48.8 Å². The van der Waals surface area contributed by atoms with E-state index < -0.39 is 6.67 Å². The van der Waals surface area contributed by atoms with Crippen molar-refractivity contribution in [3.8, 4) is 39.4 Å². The molecule has 0 unspecified atom stereocenters. The van der Waals surface area contributed by atoms with E-state index in [2.05, 4.69) is 21.0 Å². The number of nitrogens with one attached hydrogen (secondary N) is 3. The molecule has 4 heterocycles.